The van der Waals surface area contributed by atoms with Crippen molar-refractivity contribution in [3.63, 3.8) is 0 Å². The Kier molecular flexibility index (Phi) is 4.09. The zero-order valence-corrected chi connectivity index (χ0v) is 15.1. The predicted octanol–water partition coefficient (Wildman–Crippen LogP) is 3.55. The fraction of sp³-hybridized carbons (Fsp3) is 0.158. The molecule has 1 aliphatic heterocycles. The van der Waals surface area contributed by atoms with Gasteiger partial charge in [-0.25, -0.2) is 8.42 Å². The van der Waals surface area contributed by atoms with Crippen LogP contribution >= 0.6 is 0 Å². The molecule has 1 N–H and O–H groups in total. The highest BCUT2D eigenvalue weighted by molar-refractivity contribution is 7.89. The Hall–Kier alpha value is -2.97. The Morgan fingerprint density at radius 2 is 1.89 bits per heavy atom. The van der Waals surface area contributed by atoms with Gasteiger partial charge in [0, 0.05) is 35.3 Å². The number of rotatable bonds is 4. The molecule has 1 aliphatic rings. The number of hydrogen-bond donors (Lipinski definition) is 1. The number of nitrogens with one attached hydrogen (secondary N) is 1. The van der Waals surface area contributed by atoms with Crippen LogP contribution < -0.4 is 0 Å². The molecule has 0 amide bonds. The van der Waals surface area contributed by atoms with E-state index in [4.69, 9.17) is 0 Å². The number of aromatic amines is 1. The minimum Gasteiger partial charge on any atom is -0.357 e. The monoisotopic (exact) mass is 383 g/mol. The normalized spacial score (nSPS) is 17.6. The van der Waals surface area contributed by atoms with Crippen molar-refractivity contribution < 1.29 is 13.3 Å². The molecule has 27 heavy (non-hydrogen) atoms. The van der Waals surface area contributed by atoms with Crippen LogP contribution in [-0.2, 0) is 16.4 Å². The quantitative estimate of drug-likeness (QED) is 0.423. The van der Waals surface area contributed by atoms with Gasteiger partial charge in [-0.05, 0) is 30.2 Å². The van der Waals surface area contributed by atoms with Gasteiger partial charge in [0.2, 0.25) is 10.0 Å². The van der Waals surface area contributed by atoms with Gasteiger partial charge in [0.1, 0.15) is 0 Å². The van der Waals surface area contributed by atoms with E-state index in [1.807, 2.05) is 24.3 Å². The molecule has 2 aromatic carbocycles. The summed E-state index contributed by atoms with van der Waals surface area (Å²) in [4.78, 5) is 13.6. The zero-order valence-electron chi connectivity index (χ0n) is 14.3. The van der Waals surface area contributed by atoms with Crippen molar-refractivity contribution >= 4 is 26.6 Å². The first-order chi connectivity index (χ1) is 12.9. The maximum absolute atomic E-state index is 13.2. The van der Waals surface area contributed by atoms with Gasteiger partial charge < -0.3 is 4.98 Å². The van der Waals surface area contributed by atoms with Gasteiger partial charge in [-0.1, -0.05) is 24.3 Å². The average molecular weight is 383 g/mol. The summed E-state index contributed by atoms with van der Waals surface area (Å²) < 4.78 is 27.7. The Bertz CT molecular complexity index is 1150. The molecule has 8 heteroatoms. The SMILES string of the molecule is C=CC1c2[nH]c3ccccc3c2CCN1S(=O)(=O)c1ccc([N+](=O)[O-])cc1. The van der Waals surface area contributed by atoms with Gasteiger partial charge in [0.05, 0.1) is 15.9 Å². The van der Waals surface area contributed by atoms with E-state index in [-0.39, 0.29) is 10.6 Å². The van der Waals surface area contributed by atoms with E-state index in [0.29, 0.717) is 13.0 Å². The number of non-ortho nitro benzene ring substituents is 1. The molecule has 1 atom stereocenters. The van der Waals surface area contributed by atoms with Gasteiger partial charge in [-0.3, -0.25) is 10.1 Å². The second-order valence-corrected chi connectivity index (χ2v) is 8.25. The summed E-state index contributed by atoms with van der Waals surface area (Å²) in [5.41, 5.74) is 2.74. The van der Waals surface area contributed by atoms with E-state index < -0.39 is 21.0 Å². The average Bonchev–Trinajstić information content (AvgIpc) is 3.06. The third-order valence-electron chi connectivity index (χ3n) is 4.91. The van der Waals surface area contributed by atoms with E-state index in [1.165, 1.54) is 28.6 Å². The number of sulfonamides is 1. The molecule has 4 rings (SSSR count). The molecule has 138 valence electrons. The number of nitro groups is 1. The number of aromatic nitrogens is 1. The molecule has 3 aromatic rings. The summed E-state index contributed by atoms with van der Waals surface area (Å²) in [6, 6.07) is 12.3. The minimum absolute atomic E-state index is 0.0273. The maximum atomic E-state index is 13.2. The number of para-hydroxylation sites is 1. The van der Waals surface area contributed by atoms with Gasteiger partial charge in [0.15, 0.2) is 0 Å². The standard InChI is InChI=1S/C19H17N3O4S/c1-2-18-19-16(15-5-3-4-6-17(15)20-19)11-12-21(18)27(25,26)14-9-7-13(8-10-14)22(23)24/h2-10,18,20H,1,11-12H2. The smallest absolute Gasteiger partial charge is 0.269 e. The number of nitro benzene ring substituents is 1. The minimum atomic E-state index is -3.83. The van der Waals surface area contributed by atoms with Crippen molar-refractivity contribution in [1.82, 2.24) is 9.29 Å². The van der Waals surface area contributed by atoms with E-state index in [0.717, 1.165) is 22.2 Å². The largest absolute Gasteiger partial charge is 0.357 e. The van der Waals surface area contributed by atoms with Crippen molar-refractivity contribution in [2.45, 2.75) is 17.4 Å². The molecule has 0 saturated heterocycles. The summed E-state index contributed by atoms with van der Waals surface area (Å²) >= 11 is 0. The molecule has 7 nitrogen and oxygen atoms in total. The zero-order chi connectivity index (χ0) is 19.2. The molecule has 0 fully saturated rings. The van der Waals surface area contributed by atoms with Gasteiger partial charge in [-0.15, -0.1) is 6.58 Å². The Balaban J connectivity index is 1.77. The number of hydrogen-bond acceptors (Lipinski definition) is 4. The Labute approximate surface area is 156 Å². The van der Waals surface area contributed by atoms with Crippen LogP contribution in [0.25, 0.3) is 10.9 Å². The highest BCUT2D eigenvalue weighted by atomic mass is 32.2. The second-order valence-electron chi connectivity index (χ2n) is 6.36. The molecule has 1 unspecified atom stereocenters. The lowest BCUT2D eigenvalue weighted by atomic mass is 9.99. The highest BCUT2D eigenvalue weighted by Crippen LogP contribution is 2.38. The van der Waals surface area contributed by atoms with Crippen LogP contribution in [-0.4, -0.2) is 29.2 Å². The summed E-state index contributed by atoms with van der Waals surface area (Å²) in [5, 5.41) is 11.9. The van der Waals surface area contributed by atoms with Crippen LogP contribution in [0.5, 0.6) is 0 Å². The van der Waals surface area contributed by atoms with Gasteiger partial charge in [-0.2, -0.15) is 4.31 Å². The van der Waals surface area contributed by atoms with Crippen molar-refractivity contribution in [2.24, 2.45) is 0 Å². The molecule has 0 radical (unpaired) electrons. The van der Waals surface area contributed by atoms with Crippen LogP contribution in [0.2, 0.25) is 0 Å². The summed E-state index contributed by atoms with van der Waals surface area (Å²) in [6.07, 6.45) is 2.19. The van der Waals surface area contributed by atoms with E-state index in [9.17, 15) is 18.5 Å². The summed E-state index contributed by atoms with van der Waals surface area (Å²) in [6.45, 7) is 4.14. The van der Waals surface area contributed by atoms with Crippen LogP contribution in [0.15, 0.2) is 66.1 Å². The Morgan fingerprint density at radius 3 is 2.56 bits per heavy atom. The van der Waals surface area contributed by atoms with Gasteiger partial charge >= 0.3 is 0 Å². The molecule has 1 aromatic heterocycles. The number of H-pyrrole nitrogens is 1. The predicted molar refractivity (Wildman–Crippen MR) is 102 cm³/mol. The van der Waals surface area contributed by atoms with Crippen LogP contribution in [0.4, 0.5) is 5.69 Å². The van der Waals surface area contributed by atoms with Crippen LogP contribution in [0.1, 0.15) is 17.3 Å². The first kappa shape index (κ1) is 17.4. The lowest BCUT2D eigenvalue weighted by Gasteiger charge is -2.33. The fourth-order valence-electron chi connectivity index (χ4n) is 3.63. The lowest BCUT2D eigenvalue weighted by Crippen LogP contribution is -2.39. The van der Waals surface area contributed by atoms with Gasteiger partial charge in [0.25, 0.3) is 5.69 Å². The maximum Gasteiger partial charge on any atom is 0.269 e. The summed E-state index contributed by atoms with van der Waals surface area (Å²) in [5.74, 6) is 0. The molecule has 0 aliphatic carbocycles. The van der Waals surface area contributed by atoms with E-state index in [2.05, 4.69) is 11.6 Å². The second kappa shape index (κ2) is 6.33. The number of fused-ring (bicyclic) bond motifs is 3. The molecular weight excluding hydrogens is 366 g/mol. The van der Waals surface area contributed by atoms with Crippen molar-refractivity contribution in [1.29, 1.82) is 0 Å². The molecule has 2 heterocycles. The van der Waals surface area contributed by atoms with E-state index in [1.54, 1.807) is 6.08 Å². The highest BCUT2D eigenvalue weighted by Gasteiger charge is 2.36. The number of benzene rings is 2. The van der Waals surface area contributed by atoms with E-state index >= 15 is 0 Å². The molecule has 0 spiro atoms. The summed E-state index contributed by atoms with van der Waals surface area (Å²) in [7, 11) is -3.83. The first-order valence-corrected chi connectivity index (χ1v) is 9.86. The topological polar surface area (TPSA) is 96.3 Å². The fourth-order valence-corrected chi connectivity index (χ4v) is 5.20. The van der Waals surface area contributed by atoms with Crippen molar-refractivity contribution in [3.8, 4) is 0 Å². The number of nitrogens with zero attached hydrogens (tertiary/aromatic N) is 2. The Morgan fingerprint density at radius 1 is 1.19 bits per heavy atom. The van der Waals surface area contributed by atoms with Crippen molar-refractivity contribution in [2.75, 3.05) is 6.54 Å². The lowest BCUT2D eigenvalue weighted by molar-refractivity contribution is -0.384. The van der Waals surface area contributed by atoms with Crippen LogP contribution in [0.3, 0.4) is 0 Å². The molecular formula is C19H17N3O4S. The molecule has 0 bridgehead atoms. The van der Waals surface area contributed by atoms with Crippen molar-refractivity contribution in [3.05, 3.63) is 82.6 Å². The third-order valence-corrected chi connectivity index (χ3v) is 6.81. The molecule has 0 saturated carbocycles. The first-order valence-electron chi connectivity index (χ1n) is 8.42. The third kappa shape index (κ3) is 2.73. The van der Waals surface area contributed by atoms with Crippen LogP contribution in [0, 0.1) is 10.1 Å².